The number of carbonyl (C=O) groups is 2. The van der Waals surface area contributed by atoms with Crippen LogP contribution in [-0.2, 0) is 0 Å². The quantitative estimate of drug-likeness (QED) is 0.761. The number of rotatable bonds is 3. The van der Waals surface area contributed by atoms with Crippen LogP contribution in [0.15, 0.2) is 48.8 Å². The lowest BCUT2D eigenvalue weighted by molar-refractivity contribution is 0.0330. The molecule has 0 spiro atoms. The van der Waals surface area contributed by atoms with Gasteiger partial charge in [-0.05, 0) is 19.1 Å². The van der Waals surface area contributed by atoms with E-state index in [0.717, 1.165) is 10.9 Å². The number of benzene rings is 1. The average molecular weight is 335 g/mol. The third kappa shape index (κ3) is 2.84. The van der Waals surface area contributed by atoms with Crippen molar-refractivity contribution in [3.05, 3.63) is 60.0 Å². The van der Waals surface area contributed by atoms with Crippen molar-refractivity contribution in [2.75, 3.05) is 13.1 Å². The first kappa shape index (κ1) is 15.3. The molecule has 1 fully saturated rings. The van der Waals surface area contributed by atoms with E-state index in [2.05, 4.69) is 20.5 Å². The summed E-state index contributed by atoms with van der Waals surface area (Å²) in [5, 5.41) is 10.4. The Morgan fingerprint density at radius 1 is 1.20 bits per heavy atom. The summed E-state index contributed by atoms with van der Waals surface area (Å²) in [5.41, 5.74) is 1.22. The number of nitrogens with one attached hydrogen (secondary N) is 2. The lowest BCUT2D eigenvalue weighted by atomic mass is 9.91. The van der Waals surface area contributed by atoms with Crippen molar-refractivity contribution in [2.24, 2.45) is 0 Å². The molecule has 2 amide bonds. The molecule has 1 saturated heterocycles. The van der Waals surface area contributed by atoms with E-state index in [9.17, 15) is 9.59 Å². The number of fused-ring (bicyclic) bond motifs is 1. The third-order valence-corrected chi connectivity index (χ3v) is 4.36. The van der Waals surface area contributed by atoms with Gasteiger partial charge in [-0.2, -0.15) is 5.10 Å². The van der Waals surface area contributed by atoms with Crippen molar-refractivity contribution in [1.29, 1.82) is 0 Å². The van der Waals surface area contributed by atoms with Gasteiger partial charge < -0.3 is 10.2 Å². The Hall–Kier alpha value is -3.22. The van der Waals surface area contributed by atoms with Crippen molar-refractivity contribution >= 4 is 22.7 Å². The van der Waals surface area contributed by atoms with Crippen LogP contribution in [0.5, 0.6) is 0 Å². The van der Waals surface area contributed by atoms with Gasteiger partial charge in [-0.15, -0.1) is 0 Å². The molecule has 1 aromatic carbocycles. The minimum Gasteiger partial charge on any atom is -0.342 e. The number of nitrogens with zero attached hydrogens (tertiary/aromatic N) is 3. The van der Waals surface area contributed by atoms with Crippen LogP contribution in [0, 0.1) is 0 Å². The lowest BCUT2D eigenvalue weighted by Crippen LogP contribution is -2.69. The largest absolute Gasteiger partial charge is 0.342 e. The molecule has 2 aromatic heterocycles. The molecule has 0 aliphatic carbocycles. The first-order valence-corrected chi connectivity index (χ1v) is 8.00. The summed E-state index contributed by atoms with van der Waals surface area (Å²) in [6, 6.07) is 11.3. The Balaban J connectivity index is 1.43. The van der Waals surface area contributed by atoms with Gasteiger partial charge in [0.1, 0.15) is 5.69 Å². The molecular weight excluding hydrogens is 318 g/mol. The zero-order valence-corrected chi connectivity index (χ0v) is 13.7. The Morgan fingerprint density at radius 3 is 2.76 bits per heavy atom. The molecule has 0 saturated carbocycles. The van der Waals surface area contributed by atoms with E-state index in [1.165, 1.54) is 6.20 Å². The topological polar surface area (TPSA) is 91.0 Å². The van der Waals surface area contributed by atoms with Crippen LogP contribution in [0.1, 0.15) is 27.8 Å². The predicted octanol–water partition coefficient (Wildman–Crippen LogP) is 1.60. The van der Waals surface area contributed by atoms with Crippen molar-refractivity contribution in [1.82, 2.24) is 25.4 Å². The molecule has 0 atom stereocenters. The van der Waals surface area contributed by atoms with E-state index >= 15 is 0 Å². The molecule has 0 unspecified atom stereocenters. The molecule has 0 bridgehead atoms. The van der Waals surface area contributed by atoms with E-state index < -0.39 is 5.54 Å². The lowest BCUT2D eigenvalue weighted by Gasteiger charge is -2.48. The van der Waals surface area contributed by atoms with Crippen LogP contribution in [0.4, 0.5) is 0 Å². The predicted molar refractivity (Wildman–Crippen MR) is 92.1 cm³/mol. The van der Waals surface area contributed by atoms with E-state index in [1.54, 1.807) is 17.2 Å². The maximum Gasteiger partial charge on any atom is 0.270 e. The number of aromatic amines is 1. The van der Waals surface area contributed by atoms with Crippen LogP contribution < -0.4 is 5.32 Å². The van der Waals surface area contributed by atoms with Crippen LogP contribution in [0.3, 0.4) is 0 Å². The summed E-state index contributed by atoms with van der Waals surface area (Å²) in [5.74, 6) is -0.326. The number of amides is 2. The summed E-state index contributed by atoms with van der Waals surface area (Å²) in [6.07, 6.45) is 3.06. The van der Waals surface area contributed by atoms with Gasteiger partial charge in [0.15, 0.2) is 0 Å². The van der Waals surface area contributed by atoms with Crippen molar-refractivity contribution in [2.45, 2.75) is 12.5 Å². The summed E-state index contributed by atoms with van der Waals surface area (Å²) in [4.78, 5) is 30.8. The maximum absolute atomic E-state index is 12.5. The Bertz CT molecular complexity index is 945. The maximum atomic E-state index is 12.5. The highest BCUT2D eigenvalue weighted by atomic mass is 16.2. The van der Waals surface area contributed by atoms with Crippen LogP contribution in [-0.4, -0.2) is 50.5 Å². The van der Waals surface area contributed by atoms with Gasteiger partial charge in [0, 0.05) is 24.7 Å². The van der Waals surface area contributed by atoms with E-state index in [0.29, 0.717) is 24.3 Å². The normalized spacial score (nSPS) is 15.6. The summed E-state index contributed by atoms with van der Waals surface area (Å²) in [6.45, 7) is 2.83. The monoisotopic (exact) mass is 335 g/mol. The minimum absolute atomic E-state index is 0.0932. The molecule has 4 rings (SSSR count). The van der Waals surface area contributed by atoms with Gasteiger partial charge in [-0.25, -0.2) is 4.98 Å². The second-order valence-corrected chi connectivity index (χ2v) is 6.55. The van der Waals surface area contributed by atoms with Crippen molar-refractivity contribution < 1.29 is 9.59 Å². The van der Waals surface area contributed by atoms with Crippen LogP contribution in [0.25, 0.3) is 10.9 Å². The third-order valence-electron chi connectivity index (χ3n) is 4.36. The highest BCUT2D eigenvalue weighted by molar-refractivity contribution is 5.97. The van der Waals surface area contributed by atoms with Gasteiger partial charge in [-0.1, -0.05) is 24.3 Å². The number of hydrogen-bond donors (Lipinski definition) is 2. The molecule has 7 heteroatoms. The number of pyridine rings is 1. The second-order valence-electron chi connectivity index (χ2n) is 6.55. The van der Waals surface area contributed by atoms with Gasteiger partial charge in [0.2, 0.25) is 0 Å². The number of likely N-dealkylation sites (tertiary alicyclic amines) is 1. The Morgan fingerprint density at radius 2 is 2.00 bits per heavy atom. The van der Waals surface area contributed by atoms with Crippen LogP contribution in [0.2, 0.25) is 0 Å². The van der Waals surface area contributed by atoms with Gasteiger partial charge >= 0.3 is 0 Å². The molecule has 7 nitrogen and oxygen atoms in total. The molecule has 1 aliphatic heterocycles. The molecular formula is C18H17N5O2. The minimum atomic E-state index is -0.455. The Labute approximate surface area is 144 Å². The van der Waals surface area contributed by atoms with Crippen molar-refractivity contribution in [3.8, 4) is 0 Å². The molecule has 1 aliphatic rings. The zero-order valence-electron chi connectivity index (χ0n) is 13.7. The molecule has 3 heterocycles. The highest BCUT2D eigenvalue weighted by Crippen LogP contribution is 2.23. The SMILES string of the molecule is CC1(NC(=O)c2ccc3ccccc3n2)CN(C(=O)c2cn[nH]c2)C1. The zero-order chi connectivity index (χ0) is 17.4. The van der Waals surface area contributed by atoms with Gasteiger partial charge in [0.05, 0.1) is 22.8 Å². The van der Waals surface area contributed by atoms with E-state index in [4.69, 9.17) is 0 Å². The van der Waals surface area contributed by atoms with E-state index in [-0.39, 0.29) is 11.8 Å². The average Bonchev–Trinajstić information content (AvgIpc) is 3.13. The number of hydrogen-bond acceptors (Lipinski definition) is 4. The fraction of sp³-hybridized carbons (Fsp3) is 0.222. The van der Waals surface area contributed by atoms with Gasteiger partial charge in [0.25, 0.3) is 11.8 Å². The first-order valence-electron chi connectivity index (χ1n) is 8.00. The highest BCUT2D eigenvalue weighted by Gasteiger charge is 2.43. The summed E-state index contributed by atoms with van der Waals surface area (Å²) < 4.78 is 0. The molecule has 25 heavy (non-hydrogen) atoms. The van der Waals surface area contributed by atoms with E-state index in [1.807, 2.05) is 37.3 Å². The molecule has 126 valence electrons. The standard InChI is InChI=1S/C18H17N5O2/c1-18(10-23(11-18)17(25)13-8-19-20-9-13)22-16(24)15-7-6-12-4-2-3-5-14(12)21-15/h2-9H,10-11H2,1H3,(H,19,20)(H,22,24). The van der Waals surface area contributed by atoms with Crippen molar-refractivity contribution in [3.63, 3.8) is 0 Å². The first-order chi connectivity index (χ1) is 12.0. The molecule has 0 radical (unpaired) electrons. The number of aromatic nitrogens is 3. The molecule has 3 aromatic rings. The number of H-pyrrole nitrogens is 1. The smallest absolute Gasteiger partial charge is 0.270 e. The fourth-order valence-electron chi connectivity index (χ4n) is 3.10. The fourth-order valence-corrected chi connectivity index (χ4v) is 3.10. The summed E-state index contributed by atoms with van der Waals surface area (Å²) in [7, 11) is 0. The number of carbonyl (C=O) groups excluding carboxylic acids is 2. The van der Waals surface area contributed by atoms with Crippen LogP contribution >= 0.6 is 0 Å². The number of para-hydroxylation sites is 1. The Kier molecular flexibility index (Phi) is 3.49. The second kappa shape index (κ2) is 5.70. The van der Waals surface area contributed by atoms with Gasteiger partial charge in [-0.3, -0.25) is 14.7 Å². The summed E-state index contributed by atoms with van der Waals surface area (Å²) >= 11 is 0. The molecule has 2 N–H and O–H groups in total.